The van der Waals surface area contributed by atoms with Crippen molar-refractivity contribution >= 4 is 36.5 Å². The van der Waals surface area contributed by atoms with E-state index in [9.17, 15) is 10.1 Å². The van der Waals surface area contributed by atoms with Gasteiger partial charge in [-0.2, -0.15) is 0 Å². The van der Waals surface area contributed by atoms with Crippen molar-refractivity contribution in [2.45, 2.75) is 0 Å². The van der Waals surface area contributed by atoms with E-state index in [2.05, 4.69) is 42.4 Å². The number of nitrogens with zero attached hydrogens (tertiary/aromatic N) is 3. The van der Waals surface area contributed by atoms with Crippen molar-refractivity contribution in [3.8, 4) is 0 Å². The van der Waals surface area contributed by atoms with E-state index in [-0.39, 0.29) is 14.9 Å². The zero-order chi connectivity index (χ0) is 7.72. The van der Waals surface area contributed by atoms with Crippen molar-refractivity contribution in [1.29, 1.82) is 0 Å². The third-order valence-electron chi connectivity index (χ3n) is 0.799. The van der Waals surface area contributed by atoms with Crippen LogP contribution in [0.4, 0.5) is 0 Å². The average Bonchev–Trinajstić information content (AvgIpc) is 2.11. The molecule has 0 amide bonds. The molecule has 0 aromatic carbocycles. The van der Waals surface area contributed by atoms with E-state index in [4.69, 9.17) is 0 Å². The fourth-order valence-corrected chi connectivity index (χ4v) is 1.51. The standard InChI is InChI=1S/C3Br2N3O2/c4-2-1(8(9)10)3(5)7-6-2. The number of hydrogen-bond donors (Lipinski definition) is 0. The van der Waals surface area contributed by atoms with Crippen LogP contribution >= 0.6 is 31.9 Å². The van der Waals surface area contributed by atoms with Crippen molar-refractivity contribution < 1.29 is 4.92 Å². The summed E-state index contributed by atoms with van der Waals surface area (Å²) in [5.41, 5.74) is 3.28. The van der Waals surface area contributed by atoms with Gasteiger partial charge in [0.25, 0.3) is 0 Å². The zero-order valence-corrected chi connectivity index (χ0v) is 7.59. The lowest BCUT2D eigenvalue weighted by Gasteiger charge is -1.86. The quantitative estimate of drug-likeness (QED) is 0.407. The SMILES string of the molecule is O=[N+]([O-])C1=C(Br)[N]N=C1Br. The Morgan fingerprint density at radius 2 is 2.10 bits per heavy atom. The van der Waals surface area contributed by atoms with Gasteiger partial charge in [0.1, 0.15) is 0 Å². The van der Waals surface area contributed by atoms with Crippen molar-refractivity contribution in [2.24, 2.45) is 5.10 Å². The van der Waals surface area contributed by atoms with E-state index >= 15 is 0 Å². The second-order valence-corrected chi connectivity index (χ2v) is 2.89. The second-order valence-electron chi connectivity index (χ2n) is 1.39. The highest BCUT2D eigenvalue weighted by atomic mass is 79.9. The van der Waals surface area contributed by atoms with E-state index in [0.29, 0.717) is 0 Å². The maximum atomic E-state index is 10.2. The number of allylic oxidation sites excluding steroid dienone is 1. The lowest BCUT2D eigenvalue weighted by molar-refractivity contribution is -0.414. The molecule has 0 saturated heterocycles. The van der Waals surface area contributed by atoms with Crippen LogP contribution in [-0.2, 0) is 0 Å². The van der Waals surface area contributed by atoms with Gasteiger partial charge in [0.15, 0.2) is 0 Å². The fourth-order valence-electron chi connectivity index (χ4n) is 0.418. The molecule has 5 nitrogen and oxygen atoms in total. The predicted molar refractivity (Wildman–Crippen MR) is 41.4 cm³/mol. The first-order valence-electron chi connectivity index (χ1n) is 2.11. The Bertz CT molecular complexity index is 246. The molecule has 0 aromatic heterocycles. The summed E-state index contributed by atoms with van der Waals surface area (Å²) < 4.78 is 0.286. The highest BCUT2D eigenvalue weighted by Gasteiger charge is 2.28. The molecule has 0 aliphatic carbocycles. The molecule has 1 heterocycles. The van der Waals surface area contributed by atoms with Crippen LogP contribution in [0.3, 0.4) is 0 Å². The van der Waals surface area contributed by atoms with Gasteiger partial charge in [0, 0.05) is 0 Å². The van der Waals surface area contributed by atoms with Crippen LogP contribution in [0.2, 0.25) is 0 Å². The topological polar surface area (TPSA) is 69.6 Å². The summed E-state index contributed by atoms with van der Waals surface area (Å²) in [6, 6.07) is 0. The van der Waals surface area contributed by atoms with Gasteiger partial charge < -0.3 is 0 Å². The lowest BCUT2D eigenvalue weighted by atomic mass is 10.5. The Morgan fingerprint density at radius 3 is 2.30 bits per heavy atom. The second kappa shape index (κ2) is 2.67. The minimum Gasteiger partial charge on any atom is -0.258 e. The molecule has 0 aromatic rings. The molecule has 0 fully saturated rings. The first-order chi connectivity index (χ1) is 4.63. The maximum Gasteiger partial charge on any atom is 0.338 e. The third-order valence-corrected chi connectivity index (χ3v) is 1.87. The van der Waals surface area contributed by atoms with Crippen LogP contribution in [0.5, 0.6) is 0 Å². The van der Waals surface area contributed by atoms with E-state index < -0.39 is 4.92 Å². The number of halogens is 2. The van der Waals surface area contributed by atoms with Crippen LogP contribution in [0.1, 0.15) is 0 Å². The molecule has 0 saturated carbocycles. The molecule has 0 spiro atoms. The molecular formula is C3Br2N3O2. The monoisotopic (exact) mass is 268 g/mol. The number of nitro groups is 1. The molecule has 0 atom stereocenters. The number of rotatable bonds is 1. The number of hydrogen-bond acceptors (Lipinski definition) is 3. The lowest BCUT2D eigenvalue weighted by Crippen LogP contribution is -2.03. The minimum absolute atomic E-state index is 0.139. The molecule has 1 aliphatic rings. The molecule has 0 bridgehead atoms. The van der Waals surface area contributed by atoms with Crippen molar-refractivity contribution in [2.75, 3.05) is 0 Å². The van der Waals surface area contributed by atoms with Gasteiger partial charge in [-0.05, 0) is 31.9 Å². The highest BCUT2D eigenvalue weighted by Crippen LogP contribution is 2.21. The smallest absolute Gasteiger partial charge is 0.258 e. The summed E-state index contributed by atoms with van der Waals surface area (Å²) in [6.45, 7) is 0. The first-order valence-corrected chi connectivity index (χ1v) is 3.70. The maximum absolute atomic E-state index is 10.2. The van der Waals surface area contributed by atoms with Gasteiger partial charge in [-0.1, -0.05) is 0 Å². The molecule has 53 valence electrons. The molecule has 0 unspecified atom stereocenters. The Labute approximate surface area is 72.6 Å². The Morgan fingerprint density at radius 1 is 1.50 bits per heavy atom. The fraction of sp³-hybridized carbons (Fsp3) is 0. The summed E-state index contributed by atoms with van der Waals surface area (Å²) in [7, 11) is 0. The van der Waals surface area contributed by atoms with Crippen LogP contribution in [0, 0.1) is 10.1 Å². The summed E-state index contributed by atoms with van der Waals surface area (Å²) in [5, 5.41) is 13.6. The van der Waals surface area contributed by atoms with Gasteiger partial charge in [-0.3, -0.25) is 10.1 Å². The van der Waals surface area contributed by atoms with Crippen molar-refractivity contribution in [3.63, 3.8) is 0 Å². The average molecular weight is 270 g/mol. The van der Waals surface area contributed by atoms with Gasteiger partial charge in [0.2, 0.25) is 9.23 Å². The molecular weight excluding hydrogens is 270 g/mol. The Hall–Kier alpha value is -0.430. The zero-order valence-electron chi connectivity index (χ0n) is 4.41. The summed E-state index contributed by atoms with van der Waals surface area (Å²) in [6.07, 6.45) is 0. The van der Waals surface area contributed by atoms with Crippen LogP contribution in [-0.4, -0.2) is 9.54 Å². The molecule has 7 heteroatoms. The largest absolute Gasteiger partial charge is 0.338 e. The van der Waals surface area contributed by atoms with E-state index in [1.807, 2.05) is 0 Å². The highest BCUT2D eigenvalue weighted by molar-refractivity contribution is 9.18. The molecule has 0 N–H and O–H groups in total. The van der Waals surface area contributed by atoms with E-state index in [0.717, 1.165) is 0 Å². The van der Waals surface area contributed by atoms with Gasteiger partial charge in [-0.25, -0.2) is 0 Å². The van der Waals surface area contributed by atoms with Gasteiger partial charge in [-0.15, -0.1) is 10.5 Å². The Balaban J connectivity index is 3.01. The van der Waals surface area contributed by atoms with Crippen LogP contribution in [0.15, 0.2) is 15.4 Å². The Kier molecular flexibility index (Phi) is 2.05. The van der Waals surface area contributed by atoms with Crippen LogP contribution < -0.4 is 5.43 Å². The van der Waals surface area contributed by atoms with Crippen molar-refractivity contribution in [3.05, 3.63) is 20.4 Å². The summed E-state index contributed by atoms with van der Waals surface area (Å²) in [5.74, 6) is 0. The third kappa shape index (κ3) is 1.19. The molecule has 1 rings (SSSR count). The van der Waals surface area contributed by atoms with Crippen LogP contribution in [0.25, 0.3) is 0 Å². The van der Waals surface area contributed by atoms with Gasteiger partial charge >= 0.3 is 5.70 Å². The normalized spacial score (nSPS) is 16.8. The van der Waals surface area contributed by atoms with E-state index in [1.165, 1.54) is 0 Å². The van der Waals surface area contributed by atoms with Gasteiger partial charge in [0.05, 0.1) is 4.92 Å². The molecule has 10 heavy (non-hydrogen) atoms. The first kappa shape index (κ1) is 7.67. The predicted octanol–water partition coefficient (Wildman–Crippen LogP) is 1.15. The van der Waals surface area contributed by atoms with Crippen molar-refractivity contribution in [1.82, 2.24) is 5.43 Å². The molecule has 1 radical (unpaired) electrons. The summed E-state index contributed by atoms with van der Waals surface area (Å²) in [4.78, 5) is 9.61. The van der Waals surface area contributed by atoms with E-state index in [1.54, 1.807) is 0 Å². The molecule has 1 aliphatic heterocycles. The summed E-state index contributed by atoms with van der Waals surface area (Å²) >= 11 is 5.74. The minimum atomic E-state index is -0.561.